The molecule has 4 aromatic rings. The van der Waals surface area contributed by atoms with Crippen LogP contribution < -0.4 is 10.2 Å². The summed E-state index contributed by atoms with van der Waals surface area (Å²) in [6, 6.07) is 9.12. The van der Waals surface area contributed by atoms with Gasteiger partial charge < -0.3 is 19.9 Å². The number of amides is 2. The summed E-state index contributed by atoms with van der Waals surface area (Å²) in [5.74, 6) is -0.625. The molecule has 2 amide bonds. The van der Waals surface area contributed by atoms with Gasteiger partial charge in [0, 0.05) is 47.5 Å². The normalized spacial score (nSPS) is 15.9. The second kappa shape index (κ2) is 10.0. The average molecular weight is 556 g/mol. The number of halogens is 3. The van der Waals surface area contributed by atoms with Crippen LogP contribution in [0, 0.1) is 0 Å². The van der Waals surface area contributed by atoms with E-state index in [4.69, 9.17) is 4.74 Å². The molecular weight excluding hydrogens is 531 g/mol. The standard InChI is InChI=1S/C27H24F3N5O3S/c28-27(29,30)17-11-18(13-19(12-17)33-7-9-38-10-8-33)32-25(36)21-16-39-23-15-34(6-4-20(21)23)26(37)22-14-31-24-3-1-2-5-35(22)24/h1-3,5,11-14,16H,4,6-10,15H2,(H,32,36). The monoisotopic (exact) mass is 555 g/mol. The summed E-state index contributed by atoms with van der Waals surface area (Å²) in [6.45, 7) is 2.55. The van der Waals surface area contributed by atoms with Crippen LogP contribution in [0.25, 0.3) is 5.65 Å². The first-order chi connectivity index (χ1) is 18.8. The summed E-state index contributed by atoms with van der Waals surface area (Å²) in [7, 11) is 0. The first-order valence-corrected chi connectivity index (χ1v) is 13.3. The molecule has 0 radical (unpaired) electrons. The number of thiophene rings is 1. The van der Waals surface area contributed by atoms with Crippen LogP contribution in [0.4, 0.5) is 24.5 Å². The van der Waals surface area contributed by atoms with Gasteiger partial charge in [-0.2, -0.15) is 13.2 Å². The first kappa shape index (κ1) is 25.4. The van der Waals surface area contributed by atoms with E-state index in [1.807, 2.05) is 23.1 Å². The molecular formula is C27H24F3N5O3S. The van der Waals surface area contributed by atoms with Gasteiger partial charge in [0.2, 0.25) is 0 Å². The van der Waals surface area contributed by atoms with Crippen molar-refractivity contribution in [2.75, 3.05) is 43.1 Å². The van der Waals surface area contributed by atoms with Gasteiger partial charge in [-0.1, -0.05) is 6.07 Å². The van der Waals surface area contributed by atoms with Gasteiger partial charge in [-0.25, -0.2) is 4.98 Å². The number of benzene rings is 1. The van der Waals surface area contributed by atoms with Crippen LogP contribution >= 0.6 is 11.3 Å². The number of anilines is 2. The molecule has 0 atom stereocenters. The zero-order valence-corrected chi connectivity index (χ0v) is 21.5. The SMILES string of the molecule is O=C(Nc1cc(N2CCOCC2)cc(C(F)(F)F)c1)c1csc2c1CCN(C(=O)c1cnc3ccccn13)C2. The molecule has 8 nitrogen and oxygen atoms in total. The lowest BCUT2D eigenvalue weighted by molar-refractivity contribution is -0.137. The van der Waals surface area contributed by atoms with Crippen LogP contribution in [-0.4, -0.2) is 58.9 Å². The number of hydrogen-bond acceptors (Lipinski definition) is 6. The number of pyridine rings is 1. The third-order valence-corrected chi connectivity index (χ3v) is 8.01. The third kappa shape index (κ3) is 4.97. The van der Waals surface area contributed by atoms with Crippen LogP contribution in [0.1, 0.15) is 36.9 Å². The lowest BCUT2D eigenvalue weighted by atomic mass is 10.0. The fourth-order valence-corrected chi connectivity index (χ4v) is 6.09. The van der Waals surface area contributed by atoms with Gasteiger partial charge in [-0.15, -0.1) is 11.3 Å². The molecule has 12 heteroatoms. The zero-order valence-electron chi connectivity index (χ0n) is 20.7. The molecule has 39 heavy (non-hydrogen) atoms. The zero-order chi connectivity index (χ0) is 27.1. The minimum Gasteiger partial charge on any atom is -0.378 e. The summed E-state index contributed by atoms with van der Waals surface area (Å²) < 4.78 is 48.0. The second-order valence-corrected chi connectivity index (χ2v) is 10.4. The molecule has 6 rings (SSSR count). The number of nitrogens with zero attached hydrogens (tertiary/aromatic N) is 4. The second-order valence-electron chi connectivity index (χ2n) is 9.42. The number of rotatable bonds is 4. The van der Waals surface area contributed by atoms with E-state index < -0.39 is 17.6 Å². The van der Waals surface area contributed by atoms with Crippen LogP contribution in [0.3, 0.4) is 0 Å². The van der Waals surface area contributed by atoms with Crippen molar-refractivity contribution in [1.29, 1.82) is 0 Å². The third-order valence-electron chi connectivity index (χ3n) is 6.99. The van der Waals surface area contributed by atoms with E-state index in [0.717, 1.165) is 22.6 Å². The molecule has 1 fully saturated rings. The number of ether oxygens (including phenoxy) is 1. The van der Waals surface area contributed by atoms with Crippen LogP contribution in [0.15, 0.2) is 54.2 Å². The van der Waals surface area contributed by atoms with Crippen molar-refractivity contribution in [2.45, 2.75) is 19.1 Å². The van der Waals surface area contributed by atoms with E-state index in [1.54, 1.807) is 33.1 Å². The summed E-state index contributed by atoms with van der Waals surface area (Å²) in [5.41, 5.74) is 2.02. The van der Waals surface area contributed by atoms with Crippen molar-refractivity contribution in [3.05, 3.63) is 81.4 Å². The van der Waals surface area contributed by atoms with E-state index in [-0.39, 0.29) is 11.6 Å². The number of carbonyl (C=O) groups is 2. The Morgan fingerprint density at radius 3 is 2.69 bits per heavy atom. The highest BCUT2D eigenvalue weighted by Crippen LogP contribution is 2.36. The van der Waals surface area contributed by atoms with Crippen molar-refractivity contribution in [3.63, 3.8) is 0 Å². The molecule has 3 aromatic heterocycles. The maximum Gasteiger partial charge on any atom is 0.416 e. The lowest BCUT2D eigenvalue weighted by Crippen LogP contribution is -2.36. The molecule has 0 aliphatic carbocycles. The molecule has 1 saturated heterocycles. The fraction of sp³-hybridized carbons (Fsp3) is 0.296. The first-order valence-electron chi connectivity index (χ1n) is 12.4. The molecule has 202 valence electrons. The summed E-state index contributed by atoms with van der Waals surface area (Å²) >= 11 is 1.37. The number of morpholine rings is 1. The molecule has 0 unspecified atom stereocenters. The van der Waals surface area contributed by atoms with E-state index in [1.165, 1.54) is 11.3 Å². The number of nitrogens with one attached hydrogen (secondary N) is 1. The smallest absolute Gasteiger partial charge is 0.378 e. The van der Waals surface area contributed by atoms with Crippen molar-refractivity contribution >= 4 is 40.2 Å². The largest absolute Gasteiger partial charge is 0.416 e. The molecule has 5 heterocycles. The molecule has 1 N–H and O–H groups in total. The van der Waals surface area contributed by atoms with Crippen molar-refractivity contribution < 1.29 is 27.5 Å². The van der Waals surface area contributed by atoms with Crippen LogP contribution in [0.5, 0.6) is 0 Å². The Hall–Kier alpha value is -3.90. The molecule has 0 saturated carbocycles. The lowest BCUT2D eigenvalue weighted by Gasteiger charge is -2.30. The van der Waals surface area contributed by atoms with E-state index in [2.05, 4.69) is 10.3 Å². The highest BCUT2D eigenvalue weighted by Gasteiger charge is 2.33. The predicted molar refractivity (Wildman–Crippen MR) is 140 cm³/mol. The van der Waals surface area contributed by atoms with Gasteiger partial charge in [0.25, 0.3) is 11.8 Å². The van der Waals surface area contributed by atoms with Crippen LogP contribution in [-0.2, 0) is 23.9 Å². The number of hydrogen-bond donors (Lipinski definition) is 1. The molecule has 0 spiro atoms. The highest BCUT2D eigenvalue weighted by molar-refractivity contribution is 7.10. The van der Waals surface area contributed by atoms with Gasteiger partial charge >= 0.3 is 6.18 Å². The van der Waals surface area contributed by atoms with E-state index in [9.17, 15) is 22.8 Å². The molecule has 0 bridgehead atoms. The van der Waals surface area contributed by atoms with E-state index >= 15 is 0 Å². The topological polar surface area (TPSA) is 79.2 Å². The average Bonchev–Trinajstić information content (AvgIpc) is 3.57. The van der Waals surface area contributed by atoms with Gasteiger partial charge in [-0.05, 0) is 42.3 Å². The Labute approximate surface area is 225 Å². The number of aromatic nitrogens is 2. The summed E-state index contributed by atoms with van der Waals surface area (Å²) in [6.07, 6.45) is -0.747. The molecule has 2 aliphatic rings. The Balaban J connectivity index is 1.21. The molecule has 1 aromatic carbocycles. The van der Waals surface area contributed by atoms with Crippen molar-refractivity contribution in [1.82, 2.24) is 14.3 Å². The minimum atomic E-state index is -4.56. The Bertz CT molecular complexity index is 1560. The number of alkyl halides is 3. The van der Waals surface area contributed by atoms with Crippen molar-refractivity contribution in [2.24, 2.45) is 0 Å². The Morgan fingerprint density at radius 2 is 1.90 bits per heavy atom. The molecule has 2 aliphatic heterocycles. The number of imidazole rings is 1. The number of carbonyl (C=O) groups excluding carboxylic acids is 2. The van der Waals surface area contributed by atoms with Gasteiger partial charge in [-0.3, -0.25) is 14.0 Å². The minimum absolute atomic E-state index is 0.0801. The maximum atomic E-state index is 13.6. The summed E-state index contributed by atoms with van der Waals surface area (Å²) in [5, 5.41) is 4.39. The van der Waals surface area contributed by atoms with Gasteiger partial charge in [0.15, 0.2) is 0 Å². The Kier molecular flexibility index (Phi) is 6.51. The van der Waals surface area contributed by atoms with Gasteiger partial charge in [0.05, 0.1) is 37.1 Å². The quantitative estimate of drug-likeness (QED) is 0.395. The predicted octanol–water partition coefficient (Wildman–Crippen LogP) is 4.70. The van der Waals surface area contributed by atoms with E-state index in [0.29, 0.717) is 68.4 Å². The summed E-state index contributed by atoms with van der Waals surface area (Å²) in [4.78, 5) is 35.2. The highest BCUT2D eigenvalue weighted by atomic mass is 32.1. The Morgan fingerprint density at radius 1 is 1.08 bits per heavy atom. The fourth-order valence-electron chi connectivity index (χ4n) is 4.99. The van der Waals surface area contributed by atoms with Crippen molar-refractivity contribution in [3.8, 4) is 0 Å². The van der Waals surface area contributed by atoms with Crippen LogP contribution in [0.2, 0.25) is 0 Å². The maximum absolute atomic E-state index is 13.6. The number of fused-ring (bicyclic) bond motifs is 2. The van der Waals surface area contributed by atoms with Gasteiger partial charge in [0.1, 0.15) is 11.3 Å².